The number of aliphatic carboxylic acids is 2. The number of nitrogens with one attached hydrogen (secondary N) is 5. The van der Waals surface area contributed by atoms with Crippen LogP contribution in [0.1, 0.15) is 82.6 Å². The Morgan fingerprint density at radius 1 is 0.525 bits per heavy atom. The summed E-state index contributed by atoms with van der Waals surface area (Å²) in [4.78, 5) is 93.9. The third kappa shape index (κ3) is 30.7. The van der Waals surface area contributed by atoms with Crippen molar-refractivity contribution in [2.75, 3.05) is 72.5 Å². The molecule has 0 aliphatic heterocycles. The molecular formula is C40H62N5O14. The first kappa shape index (κ1) is 52.0. The van der Waals surface area contributed by atoms with Gasteiger partial charge in [-0.15, -0.1) is 0 Å². The zero-order chi connectivity index (χ0) is 43.4. The van der Waals surface area contributed by atoms with Crippen LogP contribution in [0.25, 0.3) is 0 Å². The molecule has 1 radical (unpaired) electrons. The average Bonchev–Trinajstić information content (AvgIpc) is 3.21. The Morgan fingerprint density at radius 3 is 1.59 bits per heavy atom. The molecule has 5 amide bonds. The third-order valence-corrected chi connectivity index (χ3v) is 8.48. The van der Waals surface area contributed by atoms with Crippen LogP contribution in [0.15, 0.2) is 30.3 Å². The van der Waals surface area contributed by atoms with E-state index >= 15 is 0 Å². The maximum atomic E-state index is 12.3. The quantitative estimate of drug-likeness (QED) is 0.0449. The number of aryl methyl sites for hydroxylation is 1. The first-order chi connectivity index (χ1) is 28.5. The lowest BCUT2D eigenvalue weighted by Gasteiger charge is -2.15. The van der Waals surface area contributed by atoms with Crippen molar-refractivity contribution in [3.8, 4) is 0 Å². The van der Waals surface area contributed by atoms with Crippen molar-refractivity contribution in [1.29, 1.82) is 0 Å². The predicted molar refractivity (Wildman–Crippen MR) is 213 cm³/mol. The van der Waals surface area contributed by atoms with Gasteiger partial charge >= 0.3 is 11.9 Å². The lowest BCUT2D eigenvalue weighted by atomic mass is 10.1. The summed E-state index contributed by atoms with van der Waals surface area (Å²) in [6, 6.07) is 7.30. The molecule has 0 unspecified atom stereocenters. The van der Waals surface area contributed by atoms with Gasteiger partial charge in [-0.1, -0.05) is 49.6 Å². The second kappa shape index (κ2) is 35.0. The Balaban J connectivity index is 2.04. The van der Waals surface area contributed by atoms with Crippen molar-refractivity contribution < 1.29 is 67.5 Å². The molecule has 2 atom stereocenters. The van der Waals surface area contributed by atoms with Crippen LogP contribution < -0.4 is 26.6 Å². The minimum absolute atomic E-state index is 0.0227. The standard InChI is InChI=1S/C40H62N5O14/c46-22-25-58-27-26-56-24-21-43-38(51)30-59-29-28-57-23-20-42-35(48)18-16-32(39(52)53)44-36(49)13-7-2-1-3-8-19-41-34(47)17-15-33(40(54)55)45-37(50)14-9-12-31-10-5-4-6-11-31/h4-6,10-11,32-33H,1-3,7-9,12-21,23-30H2,(H,41,47)(H,42,48)(H,43,51)(H,44,49)(H,45,50)(H,52,53)(H,54,55)/t32-,33-/m0/s1. The van der Waals surface area contributed by atoms with Crippen molar-refractivity contribution in [2.24, 2.45) is 0 Å². The highest BCUT2D eigenvalue weighted by molar-refractivity contribution is 5.85. The number of hydrogen-bond acceptors (Lipinski definition) is 12. The van der Waals surface area contributed by atoms with Crippen LogP contribution in [-0.2, 0) is 63.7 Å². The number of carbonyl (C=O) groups excluding carboxylic acids is 6. The maximum absolute atomic E-state index is 12.3. The van der Waals surface area contributed by atoms with Gasteiger partial charge in [0.2, 0.25) is 35.8 Å². The van der Waals surface area contributed by atoms with Crippen LogP contribution in [0.4, 0.5) is 0 Å². The fourth-order valence-corrected chi connectivity index (χ4v) is 5.34. The van der Waals surface area contributed by atoms with Crippen LogP contribution in [0.3, 0.4) is 0 Å². The number of carboxylic acid groups (broad SMARTS) is 2. The smallest absolute Gasteiger partial charge is 0.326 e. The molecule has 7 N–H and O–H groups in total. The van der Waals surface area contributed by atoms with Gasteiger partial charge in [-0.2, -0.15) is 0 Å². The molecule has 0 saturated carbocycles. The molecule has 0 heterocycles. The van der Waals surface area contributed by atoms with Gasteiger partial charge in [0.05, 0.1) is 39.6 Å². The van der Waals surface area contributed by atoms with Gasteiger partial charge in [0.25, 0.3) is 0 Å². The van der Waals surface area contributed by atoms with Crippen molar-refractivity contribution in [2.45, 2.75) is 95.6 Å². The monoisotopic (exact) mass is 836 g/mol. The summed E-state index contributed by atoms with van der Waals surface area (Å²) < 4.78 is 20.6. The summed E-state index contributed by atoms with van der Waals surface area (Å²) in [7, 11) is 0. The van der Waals surface area contributed by atoms with Crippen molar-refractivity contribution in [3.05, 3.63) is 35.9 Å². The summed E-state index contributed by atoms with van der Waals surface area (Å²) >= 11 is 0. The maximum Gasteiger partial charge on any atom is 0.326 e. The molecule has 0 fully saturated rings. The highest BCUT2D eigenvalue weighted by Gasteiger charge is 2.22. The third-order valence-electron chi connectivity index (χ3n) is 8.48. The Labute approximate surface area is 345 Å². The van der Waals surface area contributed by atoms with Gasteiger partial charge in [0.1, 0.15) is 25.3 Å². The fourth-order valence-electron chi connectivity index (χ4n) is 5.34. The normalized spacial score (nSPS) is 11.8. The van der Waals surface area contributed by atoms with Crippen LogP contribution in [0.2, 0.25) is 0 Å². The molecule has 1 aromatic rings. The zero-order valence-corrected chi connectivity index (χ0v) is 33.8. The van der Waals surface area contributed by atoms with Gasteiger partial charge in [-0.25, -0.2) is 9.59 Å². The number of unbranched alkanes of at least 4 members (excludes halogenated alkanes) is 4. The number of carboxylic acids is 2. The lowest BCUT2D eigenvalue weighted by Crippen LogP contribution is -2.41. The van der Waals surface area contributed by atoms with Gasteiger partial charge in [-0.3, -0.25) is 28.8 Å². The summed E-state index contributed by atoms with van der Waals surface area (Å²) in [5.74, 6) is -4.26. The first-order valence-corrected chi connectivity index (χ1v) is 20.1. The highest BCUT2D eigenvalue weighted by atomic mass is 16.5. The van der Waals surface area contributed by atoms with E-state index in [-0.39, 0.29) is 122 Å². The zero-order valence-electron chi connectivity index (χ0n) is 33.8. The Hall–Kier alpha value is -4.98. The van der Waals surface area contributed by atoms with E-state index in [1.54, 1.807) is 6.29 Å². The van der Waals surface area contributed by atoms with Gasteiger partial charge < -0.3 is 55.7 Å². The van der Waals surface area contributed by atoms with Crippen LogP contribution >= 0.6 is 0 Å². The predicted octanol–water partition coefficient (Wildman–Crippen LogP) is 0.574. The largest absolute Gasteiger partial charge is 0.480 e. The molecule has 1 rings (SSSR count). The topological polar surface area (TPSA) is 274 Å². The fraction of sp³-hybridized carbons (Fsp3) is 0.650. The number of amides is 5. The molecular weight excluding hydrogens is 774 g/mol. The summed E-state index contributed by atoms with van der Waals surface area (Å²) in [5.41, 5.74) is 1.10. The molecule has 331 valence electrons. The number of rotatable bonds is 38. The molecule has 0 aliphatic rings. The molecule has 0 bridgehead atoms. The van der Waals surface area contributed by atoms with Gasteiger partial charge in [-0.05, 0) is 44.1 Å². The molecule has 1 aromatic carbocycles. The van der Waals surface area contributed by atoms with Crippen molar-refractivity contribution in [1.82, 2.24) is 26.6 Å². The Morgan fingerprint density at radius 2 is 1.02 bits per heavy atom. The van der Waals surface area contributed by atoms with E-state index in [4.69, 9.17) is 18.9 Å². The van der Waals surface area contributed by atoms with Crippen LogP contribution in [-0.4, -0.2) is 143 Å². The number of carbonyl (C=O) groups is 7. The number of hydrogen-bond donors (Lipinski definition) is 7. The van der Waals surface area contributed by atoms with E-state index in [1.165, 1.54) is 0 Å². The van der Waals surface area contributed by atoms with E-state index in [0.29, 0.717) is 38.6 Å². The van der Waals surface area contributed by atoms with E-state index in [9.17, 15) is 48.6 Å². The molecule has 0 saturated heterocycles. The minimum Gasteiger partial charge on any atom is -0.480 e. The van der Waals surface area contributed by atoms with Crippen molar-refractivity contribution >= 4 is 47.8 Å². The Kier molecular flexibility index (Phi) is 30.9. The SMILES string of the molecule is O=[C]COCCOCCNC(=O)COCCOCCNC(=O)CC[C@H](NC(=O)CCCCCCCNC(=O)CC[C@H](NC(=O)CCCc1ccccc1)C(=O)O)C(=O)O. The van der Waals surface area contributed by atoms with Crippen LogP contribution in [0.5, 0.6) is 0 Å². The van der Waals surface area contributed by atoms with E-state index in [1.807, 2.05) is 30.3 Å². The minimum atomic E-state index is -1.24. The molecule has 0 aliphatic carbocycles. The number of benzene rings is 1. The highest BCUT2D eigenvalue weighted by Crippen LogP contribution is 2.08. The lowest BCUT2D eigenvalue weighted by molar-refractivity contribution is -0.142. The molecule has 0 spiro atoms. The van der Waals surface area contributed by atoms with Gasteiger partial charge in [0, 0.05) is 45.3 Å². The second-order valence-corrected chi connectivity index (χ2v) is 13.4. The number of ether oxygens (including phenoxy) is 4. The van der Waals surface area contributed by atoms with E-state index in [0.717, 1.165) is 18.4 Å². The summed E-state index contributed by atoms with van der Waals surface area (Å²) in [6.07, 6.45) is 6.43. The van der Waals surface area contributed by atoms with E-state index in [2.05, 4.69) is 26.6 Å². The van der Waals surface area contributed by atoms with E-state index < -0.39 is 35.8 Å². The van der Waals surface area contributed by atoms with Crippen LogP contribution in [0, 0.1) is 0 Å². The molecule has 19 heteroatoms. The van der Waals surface area contributed by atoms with Gasteiger partial charge in [0.15, 0.2) is 0 Å². The summed E-state index contributed by atoms with van der Waals surface area (Å²) in [6.45, 7) is 1.95. The molecule has 0 aromatic heterocycles. The molecule has 19 nitrogen and oxygen atoms in total. The average molecular weight is 837 g/mol. The summed E-state index contributed by atoms with van der Waals surface area (Å²) in [5, 5.41) is 31.9. The first-order valence-electron chi connectivity index (χ1n) is 20.1. The second-order valence-electron chi connectivity index (χ2n) is 13.4. The molecule has 59 heavy (non-hydrogen) atoms. The Bertz CT molecular complexity index is 1380. The van der Waals surface area contributed by atoms with Crippen molar-refractivity contribution in [3.63, 3.8) is 0 Å².